The molecule has 142 valence electrons. The fourth-order valence-corrected chi connectivity index (χ4v) is 3.45. The highest BCUT2D eigenvalue weighted by Crippen LogP contribution is 2.36. The molecule has 2 N–H and O–H groups in total. The lowest BCUT2D eigenvalue weighted by molar-refractivity contribution is -0.0449. The minimum absolute atomic E-state index is 0. The fourth-order valence-electron chi connectivity index (χ4n) is 3.45. The number of rotatable bonds is 5. The van der Waals surface area contributed by atoms with E-state index in [2.05, 4.69) is 24.1 Å². The number of morpholine rings is 1. The van der Waals surface area contributed by atoms with Crippen molar-refractivity contribution in [3.63, 3.8) is 0 Å². The zero-order valence-corrected chi connectivity index (χ0v) is 17.6. The standard InChI is InChI=1S/C17H33N3O3.HI/c1-4-18-16(20-9-10-23-14(11-20)12-22-3)19-13-17(2)8-6-5-7-15(17)21;/h14-15,21H,4-13H2,1-3H3,(H,18,19);1H. The van der Waals surface area contributed by atoms with E-state index in [1.807, 2.05) is 0 Å². The van der Waals surface area contributed by atoms with Gasteiger partial charge in [0, 0.05) is 32.2 Å². The maximum atomic E-state index is 10.4. The van der Waals surface area contributed by atoms with E-state index in [9.17, 15) is 5.11 Å². The molecule has 24 heavy (non-hydrogen) atoms. The molecule has 0 aromatic rings. The van der Waals surface area contributed by atoms with Crippen LogP contribution in [0.3, 0.4) is 0 Å². The highest BCUT2D eigenvalue weighted by atomic mass is 127. The van der Waals surface area contributed by atoms with Crippen molar-refractivity contribution in [3.05, 3.63) is 0 Å². The Morgan fingerprint density at radius 2 is 2.25 bits per heavy atom. The van der Waals surface area contributed by atoms with E-state index in [4.69, 9.17) is 14.5 Å². The summed E-state index contributed by atoms with van der Waals surface area (Å²) in [6.45, 7) is 8.68. The number of aliphatic hydroxyl groups is 1. The maximum absolute atomic E-state index is 10.4. The van der Waals surface area contributed by atoms with Gasteiger partial charge in [-0.05, 0) is 19.8 Å². The topological polar surface area (TPSA) is 66.3 Å². The Labute approximate surface area is 163 Å². The van der Waals surface area contributed by atoms with Crippen LogP contribution in [0, 0.1) is 5.41 Å². The van der Waals surface area contributed by atoms with Gasteiger partial charge in [-0.3, -0.25) is 4.99 Å². The van der Waals surface area contributed by atoms with Crippen molar-refractivity contribution in [2.45, 2.75) is 51.7 Å². The normalized spacial score (nSPS) is 31.5. The third-order valence-corrected chi connectivity index (χ3v) is 5.00. The van der Waals surface area contributed by atoms with Crippen LogP contribution in [-0.2, 0) is 9.47 Å². The molecule has 1 heterocycles. The summed E-state index contributed by atoms with van der Waals surface area (Å²) in [6.07, 6.45) is 4.11. The van der Waals surface area contributed by atoms with Gasteiger partial charge in [0.25, 0.3) is 0 Å². The zero-order chi connectivity index (χ0) is 16.7. The van der Waals surface area contributed by atoms with E-state index in [1.165, 1.54) is 6.42 Å². The van der Waals surface area contributed by atoms with Crippen LogP contribution in [0.1, 0.15) is 39.5 Å². The minimum Gasteiger partial charge on any atom is -0.392 e. The van der Waals surface area contributed by atoms with Gasteiger partial charge in [0.05, 0.1) is 32.0 Å². The van der Waals surface area contributed by atoms with Crippen molar-refractivity contribution in [3.8, 4) is 0 Å². The Kier molecular flexibility index (Phi) is 9.84. The van der Waals surface area contributed by atoms with E-state index in [0.717, 1.165) is 44.9 Å². The van der Waals surface area contributed by atoms with Crippen molar-refractivity contribution in [1.29, 1.82) is 0 Å². The number of ether oxygens (including phenoxy) is 2. The van der Waals surface area contributed by atoms with Crippen LogP contribution < -0.4 is 5.32 Å². The molecular formula is C17H34IN3O3. The van der Waals surface area contributed by atoms with Gasteiger partial charge in [-0.25, -0.2) is 0 Å². The molecule has 2 fully saturated rings. The second-order valence-corrected chi connectivity index (χ2v) is 6.98. The number of nitrogens with zero attached hydrogens (tertiary/aromatic N) is 2. The van der Waals surface area contributed by atoms with Gasteiger partial charge in [-0.2, -0.15) is 0 Å². The number of nitrogens with one attached hydrogen (secondary N) is 1. The Balaban J connectivity index is 0.00000288. The average Bonchev–Trinajstić information content (AvgIpc) is 2.55. The molecule has 1 aliphatic heterocycles. The first kappa shape index (κ1) is 21.9. The molecule has 1 saturated heterocycles. The quantitative estimate of drug-likeness (QED) is 0.377. The molecule has 3 atom stereocenters. The van der Waals surface area contributed by atoms with Gasteiger partial charge in [0.15, 0.2) is 5.96 Å². The first-order chi connectivity index (χ1) is 11.1. The third-order valence-electron chi connectivity index (χ3n) is 5.00. The molecule has 1 saturated carbocycles. The minimum atomic E-state index is -0.242. The van der Waals surface area contributed by atoms with Crippen LogP contribution in [0.25, 0.3) is 0 Å². The number of hydrogen-bond donors (Lipinski definition) is 2. The number of halogens is 1. The highest BCUT2D eigenvalue weighted by molar-refractivity contribution is 14.0. The van der Waals surface area contributed by atoms with Crippen molar-refractivity contribution in [1.82, 2.24) is 10.2 Å². The first-order valence-corrected chi connectivity index (χ1v) is 8.91. The summed E-state index contributed by atoms with van der Waals surface area (Å²) < 4.78 is 10.9. The molecule has 0 radical (unpaired) electrons. The molecule has 1 aliphatic carbocycles. The van der Waals surface area contributed by atoms with E-state index in [0.29, 0.717) is 19.8 Å². The largest absolute Gasteiger partial charge is 0.392 e. The van der Waals surface area contributed by atoms with Gasteiger partial charge in [0.2, 0.25) is 0 Å². The van der Waals surface area contributed by atoms with E-state index < -0.39 is 0 Å². The smallest absolute Gasteiger partial charge is 0.194 e. The van der Waals surface area contributed by atoms with Crippen LogP contribution in [0.2, 0.25) is 0 Å². The van der Waals surface area contributed by atoms with Gasteiger partial charge in [0.1, 0.15) is 0 Å². The first-order valence-electron chi connectivity index (χ1n) is 8.91. The molecule has 7 heteroatoms. The van der Waals surface area contributed by atoms with Crippen LogP contribution in [0.15, 0.2) is 4.99 Å². The van der Waals surface area contributed by atoms with Gasteiger partial charge >= 0.3 is 0 Å². The van der Waals surface area contributed by atoms with Crippen LogP contribution in [0.5, 0.6) is 0 Å². The van der Waals surface area contributed by atoms with Crippen molar-refractivity contribution >= 4 is 29.9 Å². The summed E-state index contributed by atoms with van der Waals surface area (Å²) in [5, 5.41) is 13.7. The zero-order valence-electron chi connectivity index (χ0n) is 15.3. The summed E-state index contributed by atoms with van der Waals surface area (Å²) in [4.78, 5) is 7.10. The summed E-state index contributed by atoms with van der Waals surface area (Å²) in [6, 6.07) is 0. The summed E-state index contributed by atoms with van der Waals surface area (Å²) in [5.41, 5.74) is -0.100. The predicted octanol–water partition coefficient (Wildman–Crippen LogP) is 1.86. The Hall–Kier alpha value is -0.120. The SMILES string of the molecule is CCNC(=NCC1(C)CCCCC1O)N1CCOC(COC)C1.I. The van der Waals surface area contributed by atoms with Crippen molar-refractivity contribution in [2.24, 2.45) is 10.4 Å². The molecular weight excluding hydrogens is 421 g/mol. The molecule has 0 aromatic heterocycles. The van der Waals surface area contributed by atoms with Gasteiger partial charge in [-0.1, -0.05) is 19.8 Å². The van der Waals surface area contributed by atoms with Crippen molar-refractivity contribution in [2.75, 3.05) is 46.5 Å². The number of guanidine groups is 1. The molecule has 2 aliphatic rings. The molecule has 0 aromatic carbocycles. The third kappa shape index (κ3) is 6.00. The summed E-state index contributed by atoms with van der Waals surface area (Å²) >= 11 is 0. The number of hydrogen-bond acceptors (Lipinski definition) is 4. The molecule has 3 unspecified atom stereocenters. The summed E-state index contributed by atoms with van der Waals surface area (Å²) in [7, 11) is 1.70. The maximum Gasteiger partial charge on any atom is 0.194 e. The lowest BCUT2D eigenvalue weighted by Crippen LogP contribution is -2.52. The molecule has 6 nitrogen and oxygen atoms in total. The predicted molar refractivity (Wildman–Crippen MR) is 107 cm³/mol. The number of aliphatic hydroxyl groups excluding tert-OH is 1. The Morgan fingerprint density at radius 1 is 1.46 bits per heavy atom. The Morgan fingerprint density at radius 3 is 2.92 bits per heavy atom. The van der Waals surface area contributed by atoms with E-state index >= 15 is 0 Å². The van der Waals surface area contributed by atoms with Gasteiger partial charge < -0.3 is 24.8 Å². The monoisotopic (exact) mass is 455 g/mol. The molecule has 0 amide bonds. The second kappa shape index (κ2) is 10.8. The highest BCUT2D eigenvalue weighted by Gasteiger charge is 2.35. The number of methoxy groups -OCH3 is 1. The lowest BCUT2D eigenvalue weighted by atomic mass is 9.73. The molecule has 0 spiro atoms. The van der Waals surface area contributed by atoms with Gasteiger partial charge in [-0.15, -0.1) is 24.0 Å². The Bertz CT molecular complexity index is 395. The summed E-state index contributed by atoms with van der Waals surface area (Å²) in [5.74, 6) is 0.927. The van der Waals surface area contributed by atoms with Crippen LogP contribution in [-0.4, -0.2) is 74.7 Å². The molecule has 2 rings (SSSR count). The molecule has 0 bridgehead atoms. The van der Waals surface area contributed by atoms with E-state index in [-0.39, 0.29) is 41.6 Å². The van der Waals surface area contributed by atoms with Crippen molar-refractivity contribution < 1.29 is 14.6 Å². The van der Waals surface area contributed by atoms with Crippen LogP contribution in [0.4, 0.5) is 0 Å². The van der Waals surface area contributed by atoms with Crippen LogP contribution >= 0.6 is 24.0 Å². The second-order valence-electron chi connectivity index (χ2n) is 6.98. The fraction of sp³-hybridized carbons (Fsp3) is 0.941. The average molecular weight is 455 g/mol. The number of aliphatic imine (C=N–C) groups is 1. The lowest BCUT2D eigenvalue weighted by Gasteiger charge is -2.38. The van der Waals surface area contributed by atoms with E-state index in [1.54, 1.807) is 7.11 Å².